The minimum Gasteiger partial charge on any atom is -0.491 e. The number of aromatic carboxylic acids is 1. The van der Waals surface area contributed by atoms with E-state index < -0.39 is 18.7 Å². The van der Waals surface area contributed by atoms with E-state index in [1.54, 1.807) is 13.0 Å². The van der Waals surface area contributed by atoms with E-state index in [1.807, 2.05) is 0 Å². The highest BCUT2D eigenvalue weighted by Gasteiger charge is 2.09. The summed E-state index contributed by atoms with van der Waals surface area (Å²) in [6, 6.07) is 4.50. The Morgan fingerprint density at radius 3 is 2.75 bits per heavy atom. The van der Waals surface area contributed by atoms with E-state index in [9.17, 15) is 4.79 Å². The molecule has 0 aliphatic carbocycles. The minimum atomic E-state index is -1.03. The van der Waals surface area contributed by atoms with Crippen molar-refractivity contribution >= 4 is 5.97 Å². The standard InChI is InChI=1S/C11H14O5/c1-7-2-3-8(11(14)15)4-10(7)16-6-9(13)5-12/h2-4,9,12-13H,5-6H2,1H3,(H,14,15). The fraction of sp³-hybridized carbons (Fsp3) is 0.364. The van der Waals surface area contributed by atoms with Crippen molar-refractivity contribution in [3.63, 3.8) is 0 Å². The first-order valence-corrected chi connectivity index (χ1v) is 4.80. The van der Waals surface area contributed by atoms with Gasteiger partial charge < -0.3 is 20.1 Å². The van der Waals surface area contributed by atoms with Crippen LogP contribution in [0.15, 0.2) is 18.2 Å². The Morgan fingerprint density at radius 1 is 1.50 bits per heavy atom. The average molecular weight is 226 g/mol. The molecule has 5 nitrogen and oxygen atoms in total. The van der Waals surface area contributed by atoms with E-state index in [0.29, 0.717) is 5.75 Å². The van der Waals surface area contributed by atoms with Crippen LogP contribution in [0.25, 0.3) is 0 Å². The van der Waals surface area contributed by atoms with Gasteiger partial charge in [-0.05, 0) is 24.6 Å². The fourth-order valence-corrected chi connectivity index (χ4v) is 1.13. The maximum atomic E-state index is 10.7. The predicted molar refractivity (Wildman–Crippen MR) is 56.7 cm³/mol. The number of hydrogen-bond acceptors (Lipinski definition) is 4. The van der Waals surface area contributed by atoms with Gasteiger partial charge in [0.15, 0.2) is 0 Å². The van der Waals surface area contributed by atoms with E-state index in [1.165, 1.54) is 12.1 Å². The molecule has 0 aliphatic heterocycles. The van der Waals surface area contributed by atoms with Gasteiger partial charge in [0, 0.05) is 0 Å². The zero-order valence-corrected chi connectivity index (χ0v) is 8.88. The lowest BCUT2D eigenvalue weighted by Crippen LogP contribution is -2.21. The summed E-state index contributed by atoms with van der Waals surface area (Å²) in [7, 11) is 0. The van der Waals surface area contributed by atoms with E-state index >= 15 is 0 Å². The lowest BCUT2D eigenvalue weighted by atomic mass is 10.1. The quantitative estimate of drug-likeness (QED) is 0.677. The molecule has 1 aromatic carbocycles. The number of rotatable bonds is 5. The van der Waals surface area contributed by atoms with E-state index in [4.69, 9.17) is 20.1 Å². The van der Waals surface area contributed by atoms with Gasteiger partial charge in [0.2, 0.25) is 0 Å². The lowest BCUT2D eigenvalue weighted by molar-refractivity contribution is 0.0532. The number of aliphatic hydroxyl groups excluding tert-OH is 2. The van der Waals surface area contributed by atoms with Crippen molar-refractivity contribution in [1.82, 2.24) is 0 Å². The molecule has 1 unspecified atom stereocenters. The Kier molecular flexibility index (Phi) is 4.28. The molecule has 88 valence electrons. The van der Waals surface area contributed by atoms with Crippen molar-refractivity contribution in [3.8, 4) is 5.75 Å². The van der Waals surface area contributed by atoms with Crippen LogP contribution >= 0.6 is 0 Å². The molecule has 5 heteroatoms. The molecule has 0 aliphatic rings. The normalized spacial score (nSPS) is 12.2. The van der Waals surface area contributed by atoms with Crippen molar-refractivity contribution in [2.75, 3.05) is 13.2 Å². The molecule has 0 heterocycles. The minimum absolute atomic E-state index is 0.0690. The summed E-state index contributed by atoms with van der Waals surface area (Å²) >= 11 is 0. The smallest absolute Gasteiger partial charge is 0.335 e. The SMILES string of the molecule is Cc1ccc(C(=O)O)cc1OCC(O)CO. The molecule has 0 saturated heterocycles. The summed E-state index contributed by atoms with van der Waals surface area (Å²) in [5, 5.41) is 26.5. The molecular formula is C11H14O5. The second kappa shape index (κ2) is 5.48. The molecule has 0 fully saturated rings. The van der Waals surface area contributed by atoms with E-state index in [2.05, 4.69) is 0 Å². The molecule has 0 bridgehead atoms. The Labute approximate surface area is 92.9 Å². The molecule has 0 spiro atoms. The number of ether oxygens (including phenoxy) is 1. The first-order chi connectivity index (χ1) is 7.54. The number of benzene rings is 1. The molecule has 0 aromatic heterocycles. The summed E-state index contributed by atoms with van der Waals surface area (Å²) < 4.78 is 5.21. The van der Waals surface area contributed by atoms with Crippen molar-refractivity contribution < 1.29 is 24.9 Å². The monoisotopic (exact) mass is 226 g/mol. The molecule has 0 radical (unpaired) electrons. The molecule has 0 saturated carbocycles. The average Bonchev–Trinajstić information content (AvgIpc) is 2.27. The Bertz CT molecular complexity index is 375. The van der Waals surface area contributed by atoms with Gasteiger partial charge in [-0.2, -0.15) is 0 Å². The first kappa shape index (κ1) is 12.5. The highest BCUT2D eigenvalue weighted by molar-refractivity contribution is 5.88. The molecular weight excluding hydrogens is 212 g/mol. The molecule has 1 atom stereocenters. The summed E-state index contributed by atoms with van der Waals surface area (Å²) in [5.41, 5.74) is 0.897. The van der Waals surface area contributed by atoms with Gasteiger partial charge in [-0.25, -0.2) is 4.79 Å². The zero-order valence-electron chi connectivity index (χ0n) is 8.88. The Balaban J connectivity index is 2.78. The molecule has 3 N–H and O–H groups in total. The summed E-state index contributed by atoms with van der Waals surface area (Å²) in [6.45, 7) is 1.31. The number of hydrogen-bond donors (Lipinski definition) is 3. The predicted octanol–water partition coefficient (Wildman–Crippen LogP) is 0.425. The molecule has 1 rings (SSSR count). The third-order valence-electron chi connectivity index (χ3n) is 2.08. The van der Waals surface area contributed by atoms with Gasteiger partial charge in [0.05, 0.1) is 12.2 Å². The van der Waals surface area contributed by atoms with Gasteiger partial charge in [0.1, 0.15) is 18.5 Å². The number of aliphatic hydroxyl groups is 2. The van der Waals surface area contributed by atoms with Gasteiger partial charge in [-0.1, -0.05) is 6.07 Å². The van der Waals surface area contributed by atoms with Crippen LogP contribution in [0.4, 0.5) is 0 Å². The topological polar surface area (TPSA) is 87.0 Å². The van der Waals surface area contributed by atoms with E-state index in [0.717, 1.165) is 5.56 Å². The highest BCUT2D eigenvalue weighted by Crippen LogP contribution is 2.19. The first-order valence-electron chi connectivity index (χ1n) is 4.80. The van der Waals surface area contributed by atoms with Crippen molar-refractivity contribution in [2.45, 2.75) is 13.0 Å². The highest BCUT2D eigenvalue weighted by atomic mass is 16.5. The van der Waals surface area contributed by atoms with Crippen molar-refractivity contribution in [1.29, 1.82) is 0 Å². The van der Waals surface area contributed by atoms with Gasteiger partial charge >= 0.3 is 5.97 Å². The van der Waals surface area contributed by atoms with Crippen LogP contribution in [-0.4, -0.2) is 40.6 Å². The lowest BCUT2D eigenvalue weighted by Gasteiger charge is -2.12. The second-order valence-electron chi connectivity index (χ2n) is 3.43. The van der Waals surface area contributed by atoms with Gasteiger partial charge in [0.25, 0.3) is 0 Å². The Morgan fingerprint density at radius 2 is 2.19 bits per heavy atom. The van der Waals surface area contributed by atoms with Crippen LogP contribution < -0.4 is 4.74 Å². The van der Waals surface area contributed by atoms with Gasteiger partial charge in [-0.15, -0.1) is 0 Å². The largest absolute Gasteiger partial charge is 0.491 e. The van der Waals surface area contributed by atoms with Crippen molar-refractivity contribution in [2.24, 2.45) is 0 Å². The van der Waals surface area contributed by atoms with Crippen LogP contribution in [0.2, 0.25) is 0 Å². The number of carbonyl (C=O) groups is 1. The third kappa shape index (κ3) is 3.22. The fourth-order valence-electron chi connectivity index (χ4n) is 1.13. The van der Waals surface area contributed by atoms with Crippen LogP contribution in [-0.2, 0) is 0 Å². The third-order valence-corrected chi connectivity index (χ3v) is 2.08. The van der Waals surface area contributed by atoms with Crippen molar-refractivity contribution in [3.05, 3.63) is 29.3 Å². The summed E-state index contributed by atoms with van der Waals surface area (Å²) in [6.07, 6.45) is -0.965. The van der Waals surface area contributed by atoms with Crippen LogP contribution in [0, 0.1) is 6.92 Å². The van der Waals surface area contributed by atoms with Crippen LogP contribution in [0.1, 0.15) is 15.9 Å². The number of carboxylic acid groups (broad SMARTS) is 1. The number of carboxylic acids is 1. The van der Waals surface area contributed by atoms with Crippen LogP contribution in [0.3, 0.4) is 0 Å². The van der Waals surface area contributed by atoms with Gasteiger partial charge in [-0.3, -0.25) is 0 Å². The van der Waals surface area contributed by atoms with E-state index in [-0.39, 0.29) is 12.2 Å². The zero-order chi connectivity index (χ0) is 12.1. The Hall–Kier alpha value is -1.59. The number of aryl methyl sites for hydroxylation is 1. The summed E-state index contributed by atoms with van der Waals surface area (Å²) in [5.74, 6) is -0.639. The summed E-state index contributed by atoms with van der Waals surface area (Å²) in [4.78, 5) is 10.7. The van der Waals surface area contributed by atoms with Crippen LogP contribution in [0.5, 0.6) is 5.75 Å². The molecule has 1 aromatic rings. The molecule has 0 amide bonds. The maximum absolute atomic E-state index is 10.7. The second-order valence-corrected chi connectivity index (χ2v) is 3.43. The maximum Gasteiger partial charge on any atom is 0.335 e. The molecule has 16 heavy (non-hydrogen) atoms.